The van der Waals surface area contributed by atoms with Gasteiger partial charge in [-0.05, 0) is 107 Å². The lowest BCUT2D eigenvalue weighted by Crippen LogP contribution is -2.28. The van der Waals surface area contributed by atoms with E-state index in [2.05, 4.69) is 290 Å². The molecule has 1 heteroatoms. The highest BCUT2D eigenvalue weighted by Gasteiger charge is 2.47. The van der Waals surface area contributed by atoms with E-state index in [1.165, 1.54) is 93.9 Å². The average Bonchev–Trinajstić information content (AvgIpc) is 3.76. The number of benzene rings is 12. The summed E-state index contributed by atoms with van der Waals surface area (Å²) in [6.07, 6.45) is 0. The Morgan fingerprint density at radius 3 is 1.29 bits per heavy atom. The van der Waals surface area contributed by atoms with Crippen LogP contribution in [0.4, 0.5) is 17.1 Å². The van der Waals surface area contributed by atoms with Crippen LogP contribution in [0.25, 0.3) is 77.2 Å². The molecular formula is C69H47N. The fourth-order valence-electron chi connectivity index (χ4n) is 11.5. The maximum absolute atomic E-state index is 2.59. The Morgan fingerprint density at radius 2 is 0.671 bits per heavy atom. The van der Waals surface area contributed by atoms with Crippen molar-refractivity contribution in [1.82, 2.24) is 0 Å². The summed E-state index contributed by atoms with van der Waals surface area (Å²) in [6, 6.07) is 105. The Balaban J connectivity index is 1.12. The molecule has 328 valence electrons. The van der Waals surface area contributed by atoms with E-state index in [4.69, 9.17) is 0 Å². The first kappa shape index (κ1) is 41.2. The zero-order valence-electron chi connectivity index (χ0n) is 38.6. The number of rotatable bonds is 9. The summed E-state index contributed by atoms with van der Waals surface area (Å²) >= 11 is 0. The highest BCUT2D eigenvalue weighted by molar-refractivity contribution is 6.23. The van der Waals surface area contributed by atoms with E-state index < -0.39 is 5.41 Å². The van der Waals surface area contributed by atoms with E-state index in [0.29, 0.717) is 0 Å². The minimum Gasteiger partial charge on any atom is -0.309 e. The molecule has 0 spiro atoms. The molecule has 0 aromatic heterocycles. The summed E-state index contributed by atoms with van der Waals surface area (Å²) in [6.45, 7) is 0. The molecule has 0 fully saturated rings. The van der Waals surface area contributed by atoms with Crippen LogP contribution in [0.5, 0.6) is 0 Å². The van der Waals surface area contributed by atoms with Gasteiger partial charge in [0.1, 0.15) is 0 Å². The molecule has 0 saturated carbocycles. The van der Waals surface area contributed by atoms with Gasteiger partial charge in [0, 0.05) is 22.2 Å². The summed E-state index contributed by atoms with van der Waals surface area (Å²) in [5, 5.41) is 4.83. The molecule has 0 atom stereocenters. The first-order valence-corrected chi connectivity index (χ1v) is 24.3. The first-order valence-electron chi connectivity index (χ1n) is 24.3. The Labute approximate surface area is 409 Å². The van der Waals surface area contributed by atoms with Gasteiger partial charge in [0.25, 0.3) is 0 Å². The molecule has 12 aromatic rings. The molecular weight excluding hydrogens is 843 g/mol. The van der Waals surface area contributed by atoms with Gasteiger partial charge in [-0.2, -0.15) is 0 Å². The largest absolute Gasteiger partial charge is 0.309 e. The molecule has 0 bridgehead atoms. The molecule has 12 aromatic carbocycles. The van der Waals surface area contributed by atoms with Gasteiger partial charge in [-0.25, -0.2) is 0 Å². The number of hydrogen-bond acceptors (Lipinski definition) is 1. The third kappa shape index (κ3) is 6.70. The lowest BCUT2D eigenvalue weighted by molar-refractivity contribution is 0.768. The van der Waals surface area contributed by atoms with Gasteiger partial charge in [-0.3, -0.25) is 0 Å². The van der Waals surface area contributed by atoms with Gasteiger partial charge in [0.15, 0.2) is 0 Å². The zero-order chi connectivity index (χ0) is 46.4. The molecule has 0 aliphatic heterocycles. The normalized spacial score (nSPS) is 12.4. The van der Waals surface area contributed by atoms with Crippen molar-refractivity contribution < 1.29 is 0 Å². The van der Waals surface area contributed by atoms with Crippen molar-refractivity contribution in [1.29, 1.82) is 0 Å². The van der Waals surface area contributed by atoms with E-state index in [1.807, 2.05) is 0 Å². The Kier molecular flexibility index (Phi) is 10.1. The maximum Gasteiger partial charge on any atom is 0.0714 e. The van der Waals surface area contributed by atoms with Crippen LogP contribution in [0, 0.1) is 0 Å². The molecule has 0 amide bonds. The highest BCUT2D eigenvalue weighted by atomic mass is 15.2. The maximum atomic E-state index is 2.59. The first-order chi connectivity index (χ1) is 34.8. The quantitative estimate of drug-likeness (QED) is 0.131. The Hall–Kier alpha value is -9.04. The number of hydrogen-bond donors (Lipinski definition) is 0. The van der Waals surface area contributed by atoms with Gasteiger partial charge in [0.05, 0.1) is 16.8 Å². The summed E-state index contributed by atoms with van der Waals surface area (Å²) < 4.78 is 0. The lowest BCUT2D eigenvalue weighted by atomic mass is 9.68. The monoisotopic (exact) mass is 889 g/mol. The second-order valence-electron chi connectivity index (χ2n) is 18.3. The SMILES string of the molecule is c1ccc(-c2ccc(-c3ccc(N(c4cccc5c4-c4ccccc4C5(c4ccccc4)c4ccccc4)c4c(-c5cccc(-c6ccccc6)c5)c5ccccc5c5ccccc45)cc3)cc2)cc1. The van der Waals surface area contributed by atoms with E-state index in [9.17, 15) is 0 Å². The van der Waals surface area contributed by atoms with Crippen molar-refractivity contribution in [3.8, 4) is 55.6 Å². The minimum atomic E-state index is -0.565. The van der Waals surface area contributed by atoms with Crippen molar-refractivity contribution >= 4 is 38.6 Å². The van der Waals surface area contributed by atoms with Crippen LogP contribution in [0.3, 0.4) is 0 Å². The predicted molar refractivity (Wildman–Crippen MR) is 295 cm³/mol. The average molecular weight is 890 g/mol. The van der Waals surface area contributed by atoms with Gasteiger partial charge >= 0.3 is 0 Å². The molecule has 0 unspecified atom stereocenters. The van der Waals surface area contributed by atoms with Gasteiger partial charge in [-0.1, -0.05) is 261 Å². The zero-order valence-corrected chi connectivity index (χ0v) is 38.6. The summed E-state index contributed by atoms with van der Waals surface area (Å²) in [4.78, 5) is 2.59. The van der Waals surface area contributed by atoms with Crippen LogP contribution in [0.15, 0.2) is 285 Å². The van der Waals surface area contributed by atoms with Gasteiger partial charge in [0.2, 0.25) is 0 Å². The van der Waals surface area contributed by atoms with Gasteiger partial charge in [-0.15, -0.1) is 0 Å². The lowest BCUT2D eigenvalue weighted by Gasteiger charge is -2.35. The van der Waals surface area contributed by atoms with Crippen LogP contribution in [-0.2, 0) is 5.41 Å². The van der Waals surface area contributed by atoms with E-state index in [1.54, 1.807) is 0 Å². The second-order valence-corrected chi connectivity index (χ2v) is 18.3. The second kappa shape index (κ2) is 17.2. The highest BCUT2D eigenvalue weighted by Crippen LogP contribution is 2.61. The number of fused-ring (bicyclic) bond motifs is 6. The molecule has 0 heterocycles. The van der Waals surface area contributed by atoms with Crippen molar-refractivity contribution in [2.75, 3.05) is 4.90 Å². The molecule has 0 saturated heterocycles. The Morgan fingerprint density at radius 1 is 0.257 bits per heavy atom. The smallest absolute Gasteiger partial charge is 0.0714 e. The summed E-state index contributed by atoms with van der Waals surface area (Å²) in [5.41, 5.74) is 19.8. The van der Waals surface area contributed by atoms with Crippen molar-refractivity contribution in [3.63, 3.8) is 0 Å². The van der Waals surface area contributed by atoms with Crippen LogP contribution in [-0.4, -0.2) is 0 Å². The predicted octanol–water partition coefficient (Wildman–Crippen LogP) is 18.5. The van der Waals surface area contributed by atoms with Crippen LogP contribution < -0.4 is 4.90 Å². The van der Waals surface area contributed by atoms with Crippen molar-refractivity contribution in [3.05, 3.63) is 307 Å². The topological polar surface area (TPSA) is 3.24 Å². The van der Waals surface area contributed by atoms with Crippen molar-refractivity contribution in [2.24, 2.45) is 0 Å². The fourth-order valence-corrected chi connectivity index (χ4v) is 11.5. The van der Waals surface area contributed by atoms with Crippen molar-refractivity contribution in [2.45, 2.75) is 5.41 Å². The molecule has 0 radical (unpaired) electrons. The molecule has 1 aliphatic rings. The van der Waals surface area contributed by atoms with E-state index in [-0.39, 0.29) is 0 Å². The third-order valence-electron chi connectivity index (χ3n) is 14.5. The Bertz CT molecular complexity index is 3800. The van der Waals surface area contributed by atoms with Crippen LogP contribution in [0.2, 0.25) is 0 Å². The third-order valence-corrected chi connectivity index (χ3v) is 14.5. The fraction of sp³-hybridized carbons (Fsp3) is 0.0145. The molecule has 1 nitrogen and oxygen atoms in total. The van der Waals surface area contributed by atoms with E-state index >= 15 is 0 Å². The molecule has 70 heavy (non-hydrogen) atoms. The molecule has 1 aliphatic carbocycles. The van der Waals surface area contributed by atoms with Crippen LogP contribution >= 0.6 is 0 Å². The summed E-state index contributed by atoms with van der Waals surface area (Å²) in [5.74, 6) is 0. The van der Waals surface area contributed by atoms with Gasteiger partial charge < -0.3 is 4.90 Å². The van der Waals surface area contributed by atoms with E-state index in [0.717, 1.165) is 22.6 Å². The summed E-state index contributed by atoms with van der Waals surface area (Å²) in [7, 11) is 0. The minimum absolute atomic E-state index is 0.565. The number of anilines is 3. The molecule has 0 N–H and O–H groups in total. The number of nitrogens with zero attached hydrogens (tertiary/aromatic N) is 1. The standard InChI is InChI=1S/C69H47N/c1-5-21-48(22-6-1)50-39-41-51(42-40-50)52-43-45-57(46-44-52)70(65-38-20-37-64-67(65)62-35-17-18-36-63(62)69(64,55-27-9-3-10-28-55)56-29-11-4-12-30-56)68-61-34-16-14-32-59(61)58-31-13-15-33-60(58)66(68)54-26-19-25-53(47-54)49-23-7-2-8-24-49/h1-47H. The van der Waals surface area contributed by atoms with Crippen LogP contribution in [0.1, 0.15) is 22.3 Å². The molecule has 13 rings (SSSR count).